The first-order chi connectivity index (χ1) is 9.59. The van der Waals surface area contributed by atoms with Crippen molar-refractivity contribution in [3.05, 3.63) is 33.8 Å². The Morgan fingerprint density at radius 1 is 1.29 bits per heavy atom. The molecule has 1 aliphatic carbocycles. The van der Waals surface area contributed by atoms with Crippen molar-refractivity contribution in [3.8, 4) is 0 Å². The molecule has 0 amide bonds. The van der Waals surface area contributed by atoms with E-state index < -0.39 is 0 Å². The van der Waals surface area contributed by atoms with E-state index in [0.29, 0.717) is 28.0 Å². The number of halogens is 3. The number of fused-ring (bicyclic) bond motifs is 1. The van der Waals surface area contributed by atoms with Gasteiger partial charge in [-0.1, -0.05) is 36.2 Å². The van der Waals surface area contributed by atoms with Gasteiger partial charge in [0.05, 0.1) is 22.8 Å². The number of hydrogen-bond acceptors (Lipinski definition) is 2. The van der Waals surface area contributed by atoms with Gasteiger partial charge in [0.15, 0.2) is 0 Å². The van der Waals surface area contributed by atoms with Crippen molar-refractivity contribution in [2.24, 2.45) is 11.8 Å². The number of piperidine rings is 1. The molecule has 2 nitrogen and oxygen atoms in total. The molecule has 2 fully saturated rings. The maximum Gasteiger partial charge on any atom is 0.0595 e. The van der Waals surface area contributed by atoms with E-state index >= 15 is 0 Å². The van der Waals surface area contributed by atoms with Gasteiger partial charge in [-0.3, -0.25) is 0 Å². The van der Waals surface area contributed by atoms with Gasteiger partial charge in [0.2, 0.25) is 0 Å². The first kappa shape index (κ1) is 17.4. The molecule has 21 heavy (non-hydrogen) atoms. The molecule has 1 saturated carbocycles. The van der Waals surface area contributed by atoms with Gasteiger partial charge in [-0.25, -0.2) is 0 Å². The molecule has 0 bridgehead atoms. The summed E-state index contributed by atoms with van der Waals surface area (Å²) < 4.78 is 6.08. The molecule has 0 aromatic heterocycles. The Balaban J connectivity index is 0.00000161. The third-order valence-corrected chi connectivity index (χ3v) is 5.81. The molecule has 2 aliphatic rings. The highest BCUT2D eigenvalue weighted by Crippen LogP contribution is 2.62. The van der Waals surface area contributed by atoms with Crippen molar-refractivity contribution < 1.29 is 4.74 Å². The zero-order valence-corrected chi connectivity index (χ0v) is 14.7. The van der Waals surface area contributed by atoms with Crippen molar-refractivity contribution in [3.63, 3.8) is 0 Å². The summed E-state index contributed by atoms with van der Waals surface area (Å²) in [6, 6.07) is 6.06. The Morgan fingerprint density at radius 3 is 2.52 bits per heavy atom. The summed E-state index contributed by atoms with van der Waals surface area (Å²) >= 11 is 12.3. The fourth-order valence-corrected chi connectivity index (χ4v) is 3.85. The molecule has 3 rings (SSSR count). The van der Waals surface area contributed by atoms with Crippen LogP contribution in [0.3, 0.4) is 0 Å². The molecule has 1 saturated heterocycles. The van der Waals surface area contributed by atoms with Crippen LogP contribution in [0.15, 0.2) is 18.2 Å². The summed E-state index contributed by atoms with van der Waals surface area (Å²) in [5.41, 5.74) is 1.43. The number of rotatable bonds is 5. The third-order valence-electron chi connectivity index (χ3n) is 5.07. The minimum Gasteiger partial charge on any atom is -0.378 e. The van der Waals surface area contributed by atoms with Crippen LogP contribution in [-0.2, 0) is 10.2 Å². The Bertz CT molecular complexity index is 498. The zero-order valence-electron chi connectivity index (χ0n) is 12.4. The van der Waals surface area contributed by atoms with Gasteiger partial charge in [0.1, 0.15) is 0 Å². The van der Waals surface area contributed by atoms with Gasteiger partial charge in [0, 0.05) is 5.41 Å². The van der Waals surface area contributed by atoms with Crippen LogP contribution in [0, 0.1) is 11.8 Å². The quantitative estimate of drug-likeness (QED) is 0.854. The highest BCUT2D eigenvalue weighted by Gasteiger charge is 2.67. The van der Waals surface area contributed by atoms with Crippen molar-refractivity contribution in [2.45, 2.75) is 31.8 Å². The summed E-state index contributed by atoms with van der Waals surface area (Å²) in [7, 11) is 0. The fraction of sp³-hybridized carbons (Fsp3) is 0.625. The molecule has 0 spiro atoms. The predicted octanol–water partition coefficient (Wildman–Crippen LogP) is 4.32. The summed E-state index contributed by atoms with van der Waals surface area (Å²) in [6.07, 6.45) is 1.36. The van der Waals surface area contributed by atoms with Gasteiger partial charge in [0.25, 0.3) is 0 Å². The second-order valence-electron chi connectivity index (χ2n) is 6.07. The second kappa shape index (κ2) is 6.64. The minimum absolute atomic E-state index is 0. The van der Waals surface area contributed by atoms with Crippen LogP contribution in [0.5, 0.6) is 0 Å². The van der Waals surface area contributed by atoms with Crippen LogP contribution >= 0.6 is 35.6 Å². The number of hydrogen-bond donors (Lipinski definition) is 1. The van der Waals surface area contributed by atoms with Gasteiger partial charge in [-0.2, -0.15) is 0 Å². The van der Waals surface area contributed by atoms with Crippen molar-refractivity contribution in [2.75, 3.05) is 19.7 Å². The molecular formula is C16H22Cl3NO. The molecule has 0 radical (unpaired) electrons. The lowest BCUT2D eigenvalue weighted by Gasteiger charge is -2.24. The van der Waals surface area contributed by atoms with Crippen LogP contribution in [0.25, 0.3) is 0 Å². The summed E-state index contributed by atoms with van der Waals surface area (Å²) in [5, 5.41) is 4.73. The largest absolute Gasteiger partial charge is 0.378 e. The van der Waals surface area contributed by atoms with Crippen molar-refractivity contribution in [1.82, 2.24) is 5.32 Å². The lowest BCUT2D eigenvalue weighted by atomic mass is 9.91. The molecule has 118 valence electrons. The van der Waals surface area contributed by atoms with Gasteiger partial charge in [-0.05, 0) is 56.0 Å². The second-order valence-corrected chi connectivity index (χ2v) is 6.88. The number of nitrogens with one attached hydrogen (secondary N) is 1. The predicted molar refractivity (Wildman–Crippen MR) is 90.9 cm³/mol. The normalized spacial score (nSPS) is 31.4. The van der Waals surface area contributed by atoms with Crippen LogP contribution < -0.4 is 5.32 Å². The molecule has 1 aliphatic heterocycles. The maximum atomic E-state index is 6.21. The highest BCUT2D eigenvalue weighted by atomic mass is 35.5. The van der Waals surface area contributed by atoms with E-state index in [0.717, 1.165) is 26.1 Å². The van der Waals surface area contributed by atoms with Gasteiger partial charge < -0.3 is 10.1 Å². The molecule has 3 unspecified atom stereocenters. The Labute approximate surface area is 142 Å². The monoisotopic (exact) mass is 349 g/mol. The maximum absolute atomic E-state index is 6.21. The molecule has 1 heterocycles. The Hall–Kier alpha value is 0.01000. The summed E-state index contributed by atoms with van der Waals surface area (Å²) in [6.45, 7) is 7.24. The van der Waals surface area contributed by atoms with Crippen molar-refractivity contribution in [1.29, 1.82) is 0 Å². The SMILES string of the molecule is CCC(C)OCC1(c2ccc(Cl)c(Cl)c2)C2CNC[C@@H]21.Cl. The van der Waals surface area contributed by atoms with E-state index in [4.69, 9.17) is 27.9 Å². The van der Waals surface area contributed by atoms with Gasteiger partial charge in [-0.15, -0.1) is 12.4 Å². The Morgan fingerprint density at radius 2 is 1.95 bits per heavy atom. The van der Waals surface area contributed by atoms with E-state index in [1.807, 2.05) is 12.1 Å². The summed E-state index contributed by atoms with van der Waals surface area (Å²) in [5.74, 6) is 1.34. The summed E-state index contributed by atoms with van der Waals surface area (Å²) in [4.78, 5) is 0. The molecule has 1 aromatic rings. The molecule has 4 atom stereocenters. The Kier molecular flexibility index (Phi) is 5.49. The average Bonchev–Trinajstić information content (AvgIpc) is 2.82. The van der Waals surface area contributed by atoms with E-state index in [1.165, 1.54) is 5.56 Å². The first-order valence-electron chi connectivity index (χ1n) is 7.37. The molecule has 1 aromatic carbocycles. The lowest BCUT2D eigenvalue weighted by molar-refractivity contribution is 0.0411. The first-order valence-corrected chi connectivity index (χ1v) is 8.13. The molecular weight excluding hydrogens is 329 g/mol. The number of benzene rings is 1. The lowest BCUT2D eigenvalue weighted by Crippen LogP contribution is -2.31. The fourth-order valence-electron chi connectivity index (χ4n) is 3.56. The molecule has 5 heteroatoms. The van der Waals surface area contributed by atoms with E-state index in [9.17, 15) is 0 Å². The third kappa shape index (κ3) is 2.94. The van der Waals surface area contributed by atoms with E-state index in [1.54, 1.807) is 0 Å². The smallest absolute Gasteiger partial charge is 0.0595 e. The highest BCUT2D eigenvalue weighted by molar-refractivity contribution is 6.42. The van der Waals surface area contributed by atoms with Crippen LogP contribution in [0.4, 0.5) is 0 Å². The standard InChI is InChI=1S/C16H21Cl2NO.ClH/c1-3-10(2)20-9-16(12-7-19-8-13(12)16)11-4-5-14(17)15(18)6-11;/h4-6,10,12-13,19H,3,7-9H2,1-2H3;1H/t10?,12-,13?,16?;/m0./s1. The van der Waals surface area contributed by atoms with Crippen LogP contribution in [0.2, 0.25) is 10.0 Å². The van der Waals surface area contributed by atoms with Crippen molar-refractivity contribution >= 4 is 35.6 Å². The van der Waals surface area contributed by atoms with Crippen LogP contribution in [0.1, 0.15) is 25.8 Å². The van der Waals surface area contributed by atoms with E-state index in [2.05, 4.69) is 25.2 Å². The average molecular weight is 351 g/mol. The topological polar surface area (TPSA) is 21.3 Å². The van der Waals surface area contributed by atoms with E-state index in [-0.39, 0.29) is 17.8 Å². The van der Waals surface area contributed by atoms with Crippen LogP contribution in [-0.4, -0.2) is 25.8 Å². The molecule has 1 N–H and O–H groups in total. The minimum atomic E-state index is 0. The zero-order chi connectivity index (χ0) is 14.3. The van der Waals surface area contributed by atoms with Gasteiger partial charge >= 0.3 is 0 Å². The number of ether oxygens (including phenoxy) is 1.